The zero-order chi connectivity index (χ0) is 23.2. The Labute approximate surface area is 190 Å². The van der Waals surface area contributed by atoms with Crippen molar-refractivity contribution in [1.29, 1.82) is 0 Å². The first kappa shape index (κ1) is 29.1. The fourth-order valence-corrected chi connectivity index (χ4v) is 3.36. The van der Waals surface area contributed by atoms with Crippen LogP contribution in [0.3, 0.4) is 0 Å². The predicted molar refractivity (Wildman–Crippen MR) is 129 cm³/mol. The third-order valence-corrected chi connectivity index (χ3v) is 5.23. The molecule has 0 aromatic heterocycles. The highest BCUT2D eigenvalue weighted by Gasteiger charge is 2.12. The van der Waals surface area contributed by atoms with Gasteiger partial charge in [-0.15, -0.1) is 0 Å². The zero-order valence-electron chi connectivity index (χ0n) is 20.3. The van der Waals surface area contributed by atoms with Crippen molar-refractivity contribution < 1.29 is 14.4 Å². The minimum atomic E-state index is -0.566. The molecule has 0 rings (SSSR count). The number of nitrogens with one attached hydrogen (secondary N) is 3. The lowest BCUT2D eigenvalue weighted by Crippen LogP contribution is -2.46. The van der Waals surface area contributed by atoms with E-state index >= 15 is 0 Å². The summed E-state index contributed by atoms with van der Waals surface area (Å²) < 4.78 is 0. The summed E-state index contributed by atoms with van der Waals surface area (Å²) in [6, 6.07) is -0.566. The van der Waals surface area contributed by atoms with Gasteiger partial charge in [0.2, 0.25) is 17.7 Å². The largest absolute Gasteiger partial charge is 0.354 e. The van der Waals surface area contributed by atoms with E-state index < -0.39 is 6.04 Å². The van der Waals surface area contributed by atoms with E-state index in [1.165, 1.54) is 77.6 Å². The fourth-order valence-electron chi connectivity index (χ4n) is 3.36. The molecule has 0 aromatic rings. The van der Waals surface area contributed by atoms with Crippen molar-refractivity contribution in [3.63, 3.8) is 0 Å². The van der Waals surface area contributed by atoms with Crippen LogP contribution in [0.25, 0.3) is 0 Å². The van der Waals surface area contributed by atoms with Gasteiger partial charge in [0.25, 0.3) is 0 Å². The van der Waals surface area contributed by atoms with Crippen molar-refractivity contribution in [3.05, 3.63) is 12.2 Å². The Kier molecular flexibility index (Phi) is 20.1. The van der Waals surface area contributed by atoms with Gasteiger partial charge < -0.3 is 16.0 Å². The lowest BCUT2D eigenvalue weighted by Gasteiger charge is -2.13. The van der Waals surface area contributed by atoms with Crippen molar-refractivity contribution in [2.75, 3.05) is 13.1 Å². The molecule has 0 saturated carbocycles. The molecule has 0 aliphatic rings. The van der Waals surface area contributed by atoms with E-state index in [1.807, 2.05) is 0 Å². The fraction of sp³-hybridized carbons (Fsp3) is 0.800. The molecule has 0 aromatic carbocycles. The van der Waals surface area contributed by atoms with E-state index in [4.69, 9.17) is 0 Å². The van der Waals surface area contributed by atoms with Gasteiger partial charge in [-0.05, 0) is 39.0 Å². The van der Waals surface area contributed by atoms with Crippen LogP contribution in [0.5, 0.6) is 0 Å². The summed E-state index contributed by atoms with van der Waals surface area (Å²) in [6.45, 7) is 6.02. The SMILES string of the molecule is CCCCCCCCC=CCCCCCCCC(=O)NCCNC(=O)C(C)NC(C)=O. The Bertz CT molecular complexity index is 506. The van der Waals surface area contributed by atoms with Crippen LogP contribution < -0.4 is 16.0 Å². The Morgan fingerprint density at radius 3 is 1.84 bits per heavy atom. The van der Waals surface area contributed by atoms with Crippen molar-refractivity contribution in [2.45, 2.75) is 117 Å². The molecule has 0 aliphatic heterocycles. The second kappa shape index (κ2) is 21.4. The number of amides is 3. The molecule has 0 aliphatic carbocycles. The molecule has 0 saturated heterocycles. The average Bonchev–Trinajstić information content (AvgIpc) is 2.73. The molecule has 180 valence electrons. The maximum atomic E-state index is 11.8. The first-order valence-electron chi connectivity index (χ1n) is 12.4. The van der Waals surface area contributed by atoms with E-state index in [-0.39, 0.29) is 17.7 Å². The van der Waals surface area contributed by atoms with Crippen LogP contribution in [-0.4, -0.2) is 36.9 Å². The maximum Gasteiger partial charge on any atom is 0.242 e. The standard InChI is InChI=1S/C25H47N3O3/c1-4-5-6-7-8-9-10-11-12-13-14-15-16-17-18-19-24(30)26-20-21-27-25(31)22(2)28-23(3)29/h11-12,22H,4-10,13-21H2,1-3H3,(H,26,30)(H,27,31)(H,28,29). The van der Waals surface area contributed by atoms with E-state index in [0.717, 1.165) is 12.8 Å². The lowest BCUT2D eigenvalue weighted by atomic mass is 10.1. The molecule has 6 heteroatoms. The molecule has 0 spiro atoms. The highest BCUT2D eigenvalue weighted by molar-refractivity contribution is 5.86. The highest BCUT2D eigenvalue weighted by Crippen LogP contribution is 2.09. The van der Waals surface area contributed by atoms with E-state index in [2.05, 4.69) is 35.0 Å². The first-order valence-corrected chi connectivity index (χ1v) is 12.4. The van der Waals surface area contributed by atoms with Gasteiger partial charge in [0.1, 0.15) is 6.04 Å². The minimum Gasteiger partial charge on any atom is -0.354 e. The topological polar surface area (TPSA) is 87.3 Å². The monoisotopic (exact) mass is 437 g/mol. The Morgan fingerprint density at radius 2 is 1.26 bits per heavy atom. The van der Waals surface area contributed by atoms with Crippen molar-refractivity contribution in [1.82, 2.24) is 16.0 Å². The van der Waals surface area contributed by atoms with Crippen LogP contribution in [0, 0.1) is 0 Å². The molecule has 0 radical (unpaired) electrons. The molecule has 1 atom stereocenters. The van der Waals surface area contributed by atoms with Crippen LogP contribution in [0.1, 0.15) is 111 Å². The van der Waals surface area contributed by atoms with Crippen LogP contribution in [-0.2, 0) is 14.4 Å². The molecule has 0 fully saturated rings. The third-order valence-electron chi connectivity index (χ3n) is 5.23. The minimum absolute atomic E-state index is 0.0294. The predicted octanol–water partition coefficient (Wildman–Crippen LogP) is 4.78. The summed E-state index contributed by atoms with van der Waals surface area (Å²) in [6.07, 6.45) is 21.4. The second-order valence-electron chi connectivity index (χ2n) is 8.40. The van der Waals surface area contributed by atoms with Crippen molar-refractivity contribution >= 4 is 17.7 Å². The third kappa shape index (κ3) is 21.2. The van der Waals surface area contributed by atoms with E-state index in [0.29, 0.717) is 19.5 Å². The number of hydrogen-bond donors (Lipinski definition) is 3. The molecular formula is C25H47N3O3. The normalized spacial score (nSPS) is 12.0. The summed E-state index contributed by atoms with van der Waals surface area (Å²) in [5, 5.41) is 8.03. The summed E-state index contributed by atoms with van der Waals surface area (Å²) in [5.74, 6) is -0.459. The highest BCUT2D eigenvalue weighted by atomic mass is 16.2. The molecular weight excluding hydrogens is 390 g/mol. The quantitative estimate of drug-likeness (QED) is 0.189. The number of carbonyl (C=O) groups excluding carboxylic acids is 3. The van der Waals surface area contributed by atoms with Gasteiger partial charge in [-0.2, -0.15) is 0 Å². The molecule has 0 heterocycles. The van der Waals surface area contributed by atoms with E-state index in [1.54, 1.807) is 6.92 Å². The summed E-state index contributed by atoms with van der Waals surface area (Å²) in [4.78, 5) is 34.4. The number of carbonyl (C=O) groups is 3. The maximum absolute atomic E-state index is 11.8. The number of rotatable bonds is 20. The lowest BCUT2D eigenvalue weighted by molar-refractivity contribution is -0.127. The number of unbranched alkanes of at least 4 members (excludes halogenated alkanes) is 11. The molecule has 0 bridgehead atoms. The summed E-state index contributed by atoms with van der Waals surface area (Å²) in [7, 11) is 0. The van der Waals surface area contributed by atoms with Gasteiger partial charge in [-0.1, -0.05) is 70.4 Å². The van der Waals surface area contributed by atoms with Crippen LogP contribution in [0.4, 0.5) is 0 Å². The summed E-state index contributed by atoms with van der Waals surface area (Å²) >= 11 is 0. The second-order valence-corrected chi connectivity index (χ2v) is 8.40. The first-order chi connectivity index (χ1) is 15.0. The molecule has 1 unspecified atom stereocenters. The molecule has 6 nitrogen and oxygen atoms in total. The van der Waals surface area contributed by atoms with Crippen LogP contribution in [0.2, 0.25) is 0 Å². The van der Waals surface area contributed by atoms with Gasteiger partial charge in [-0.25, -0.2) is 0 Å². The van der Waals surface area contributed by atoms with Gasteiger partial charge >= 0.3 is 0 Å². The van der Waals surface area contributed by atoms with Crippen molar-refractivity contribution in [3.8, 4) is 0 Å². The van der Waals surface area contributed by atoms with E-state index in [9.17, 15) is 14.4 Å². The molecule has 31 heavy (non-hydrogen) atoms. The molecule has 3 N–H and O–H groups in total. The van der Waals surface area contributed by atoms with Crippen LogP contribution in [0.15, 0.2) is 12.2 Å². The number of hydrogen-bond acceptors (Lipinski definition) is 3. The Balaban J connectivity index is 3.40. The van der Waals surface area contributed by atoms with Gasteiger partial charge in [0, 0.05) is 26.4 Å². The smallest absolute Gasteiger partial charge is 0.242 e. The molecule has 3 amide bonds. The van der Waals surface area contributed by atoms with Gasteiger partial charge in [0.05, 0.1) is 0 Å². The zero-order valence-corrected chi connectivity index (χ0v) is 20.3. The Morgan fingerprint density at radius 1 is 0.742 bits per heavy atom. The van der Waals surface area contributed by atoms with Gasteiger partial charge in [0.15, 0.2) is 0 Å². The Hall–Kier alpha value is -1.85. The van der Waals surface area contributed by atoms with Crippen molar-refractivity contribution in [2.24, 2.45) is 0 Å². The van der Waals surface area contributed by atoms with Crippen LogP contribution >= 0.6 is 0 Å². The number of allylic oxidation sites excluding steroid dienone is 2. The van der Waals surface area contributed by atoms with Gasteiger partial charge in [-0.3, -0.25) is 14.4 Å². The average molecular weight is 438 g/mol. The summed E-state index contributed by atoms with van der Waals surface area (Å²) in [5.41, 5.74) is 0.